The highest BCUT2D eigenvalue weighted by Crippen LogP contribution is 2.88. The van der Waals surface area contributed by atoms with Crippen LogP contribution < -0.4 is 10.0 Å². The highest BCUT2D eigenvalue weighted by Gasteiger charge is 2.85. The number of hydrogen-bond donors (Lipinski definition) is 2. The molecule has 2 saturated heterocycles. The van der Waals surface area contributed by atoms with Gasteiger partial charge < -0.3 is 10.2 Å². The monoisotopic (exact) mass is 789 g/mol. The van der Waals surface area contributed by atoms with Crippen LogP contribution >= 0.6 is 0 Å². The van der Waals surface area contributed by atoms with Crippen molar-refractivity contribution in [1.82, 2.24) is 19.8 Å². The van der Waals surface area contributed by atoms with Crippen molar-refractivity contribution in [3.05, 3.63) is 0 Å². The molecule has 2 heterocycles. The van der Waals surface area contributed by atoms with Crippen molar-refractivity contribution in [2.75, 3.05) is 13.1 Å². The number of carbonyl (C=O) groups excluding carboxylic acids is 5. The molecule has 12 heteroatoms. The molecule has 6 atom stereocenters. The van der Waals surface area contributed by atoms with E-state index in [4.69, 9.17) is 0 Å². The zero-order chi connectivity index (χ0) is 41.1. The Bertz CT molecular complexity index is 1620. The number of sulfonamides is 1. The Hall–Kier alpha value is -2.34. The maximum atomic E-state index is 15.1. The van der Waals surface area contributed by atoms with Gasteiger partial charge in [0.2, 0.25) is 27.7 Å². The fourth-order valence-corrected chi connectivity index (χ4v) is 12.4. The topological polar surface area (TPSA) is 150 Å². The van der Waals surface area contributed by atoms with E-state index in [0.717, 1.165) is 45.1 Å². The molecule has 5 aliphatic rings. The molecular weight excluding hydrogens is 717 g/mol. The van der Waals surface area contributed by atoms with E-state index >= 15 is 4.79 Å². The van der Waals surface area contributed by atoms with Gasteiger partial charge in [-0.05, 0) is 93.4 Å². The van der Waals surface area contributed by atoms with Crippen molar-refractivity contribution in [1.29, 1.82) is 0 Å². The van der Waals surface area contributed by atoms with E-state index in [1.807, 2.05) is 48.5 Å². The Labute approximate surface area is 331 Å². The molecule has 0 aromatic carbocycles. The summed E-state index contributed by atoms with van der Waals surface area (Å²) >= 11 is 0. The number of nitrogens with zero attached hydrogens (tertiary/aromatic N) is 2. The first kappa shape index (κ1) is 43.8. The van der Waals surface area contributed by atoms with Gasteiger partial charge in [-0.25, -0.2) is 8.42 Å². The maximum Gasteiger partial charge on any atom is 0.237 e. The normalized spacial score (nSPS) is 28.0. The molecule has 55 heavy (non-hydrogen) atoms. The average Bonchev–Trinajstić information content (AvgIpc) is 3.92. The second kappa shape index (κ2) is 15.4. The highest BCUT2D eigenvalue weighted by molar-refractivity contribution is 7.90. The third-order valence-corrected chi connectivity index (χ3v) is 16.7. The summed E-state index contributed by atoms with van der Waals surface area (Å²) in [6.07, 6.45) is 8.20. The second-order valence-corrected chi connectivity index (χ2v) is 22.9. The summed E-state index contributed by atoms with van der Waals surface area (Å²) < 4.78 is 27.7. The van der Waals surface area contributed by atoms with Gasteiger partial charge in [0.25, 0.3) is 0 Å². The Kier molecular flexibility index (Phi) is 12.3. The molecule has 0 aromatic rings. The molecule has 312 valence electrons. The molecule has 3 amide bonds. The molecule has 3 saturated carbocycles. The number of rotatable bonds is 15. The number of nitrogens with one attached hydrogen (secondary N) is 2. The number of hydrogen-bond acceptors (Lipinski definition) is 8. The average molecular weight is 789 g/mol. The van der Waals surface area contributed by atoms with Crippen LogP contribution in [0, 0.1) is 38.9 Å². The number of likely N-dealkylation sites (tertiary alicyclic amines) is 2. The van der Waals surface area contributed by atoms with Crippen LogP contribution in [-0.2, 0) is 34.0 Å². The minimum Gasteiger partial charge on any atom is -0.344 e. The summed E-state index contributed by atoms with van der Waals surface area (Å²) in [4.78, 5) is 75.4. The summed E-state index contributed by atoms with van der Waals surface area (Å²) in [7, 11) is -3.78. The molecule has 0 aromatic heterocycles. The van der Waals surface area contributed by atoms with E-state index < -0.39 is 55.9 Å². The van der Waals surface area contributed by atoms with Gasteiger partial charge >= 0.3 is 0 Å². The van der Waals surface area contributed by atoms with E-state index in [-0.39, 0.29) is 64.6 Å². The van der Waals surface area contributed by atoms with Gasteiger partial charge in [-0.15, -0.1) is 0 Å². The minimum atomic E-state index is -3.78. The maximum absolute atomic E-state index is 15.1. The SMILES string of the molecule is CCC[C@H](CC(=O)[C@@H]1C[C@@]2(CN1C(=O)[C@@H](CC(=O)[C@@H](NC(=O)[C@@H]1CCCCN1C(C)C)C(C)(C)C)C(C)(C)C)C(C)(C)C21CCC1)C(=O)NS(=O)(=O)C1CC1. The zero-order valence-electron chi connectivity index (χ0n) is 35.8. The van der Waals surface area contributed by atoms with Crippen molar-refractivity contribution in [3.8, 4) is 0 Å². The van der Waals surface area contributed by atoms with E-state index in [1.165, 1.54) is 0 Å². The molecule has 3 aliphatic carbocycles. The van der Waals surface area contributed by atoms with E-state index in [9.17, 15) is 27.6 Å². The van der Waals surface area contributed by atoms with Crippen LogP contribution in [0.25, 0.3) is 0 Å². The van der Waals surface area contributed by atoms with Gasteiger partial charge in [-0.3, -0.25) is 33.6 Å². The van der Waals surface area contributed by atoms with Crippen molar-refractivity contribution >= 4 is 39.3 Å². The molecule has 2 N–H and O–H groups in total. The van der Waals surface area contributed by atoms with E-state index in [0.29, 0.717) is 38.6 Å². The number of Topliss-reactive ketones (excluding diaryl/α,β-unsaturated/α-hetero) is 2. The molecule has 0 unspecified atom stereocenters. The molecule has 11 nitrogen and oxygen atoms in total. The summed E-state index contributed by atoms with van der Waals surface area (Å²) in [6, 6.07) is -1.70. The van der Waals surface area contributed by atoms with Gasteiger partial charge in [-0.2, -0.15) is 0 Å². The Morgan fingerprint density at radius 3 is 1.96 bits per heavy atom. The zero-order valence-corrected chi connectivity index (χ0v) is 36.6. The first-order chi connectivity index (χ1) is 25.3. The van der Waals surface area contributed by atoms with Crippen LogP contribution in [0.5, 0.6) is 0 Å². The third kappa shape index (κ3) is 8.20. The van der Waals surface area contributed by atoms with Crippen molar-refractivity contribution in [3.63, 3.8) is 0 Å². The molecular formula is C43H72N4O7S. The lowest BCUT2D eigenvalue weighted by atomic mass is 9.73. The largest absolute Gasteiger partial charge is 0.344 e. The third-order valence-electron chi connectivity index (χ3n) is 14.9. The first-order valence-corrected chi connectivity index (χ1v) is 22.9. The number of amides is 3. The van der Waals surface area contributed by atoms with Gasteiger partial charge in [0.05, 0.1) is 23.4 Å². The number of carbonyl (C=O) groups is 5. The Morgan fingerprint density at radius 1 is 0.836 bits per heavy atom. The smallest absolute Gasteiger partial charge is 0.237 e. The fourth-order valence-electron chi connectivity index (χ4n) is 11.0. The Morgan fingerprint density at radius 2 is 1.47 bits per heavy atom. The molecule has 0 bridgehead atoms. The van der Waals surface area contributed by atoms with E-state index in [2.05, 4.69) is 42.6 Å². The number of fused-ring (bicyclic) bond motifs is 1. The van der Waals surface area contributed by atoms with Crippen LogP contribution in [0.2, 0.25) is 0 Å². The van der Waals surface area contributed by atoms with Crippen LogP contribution in [0.1, 0.15) is 160 Å². The van der Waals surface area contributed by atoms with Crippen molar-refractivity contribution in [2.45, 2.75) is 189 Å². The molecule has 0 radical (unpaired) electrons. The summed E-state index contributed by atoms with van der Waals surface area (Å²) in [5.74, 6) is -3.03. The van der Waals surface area contributed by atoms with Crippen LogP contribution in [-0.4, -0.2) is 90.0 Å². The molecule has 2 aliphatic heterocycles. The van der Waals surface area contributed by atoms with Crippen molar-refractivity contribution < 1.29 is 32.4 Å². The molecule has 5 rings (SSSR count). The van der Waals surface area contributed by atoms with Gasteiger partial charge in [0, 0.05) is 42.7 Å². The second-order valence-electron chi connectivity index (χ2n) is 20.9. The number of piperidine rings is 1. The van der Waals surface area contributed by atoms with Crippen LogP contribution in [0.15, 0.2) is 0 Å². The lowest BCUT2D eigenvalue weighted by Crippen LogP contribution is -2.58. The standard InChI is InChI=1S/C43H72N4O7S/c1-12-16-28(36(50)45-55(53,54)29-18-19-29)23-33(48)32-25-43(41(10,11)42(43)20-15-21-42)26-47(32)38(52)30(39(4,5)6)24-34(49)35(40(7,8)9)44-37(51)31-17-13-14-22-46(31)27(2)3/h27-32,35H,12-26H2,1-11H3,(H,44,51)(H,45,50)/t28-,30-,31+,32+,35-,43-/m1/s1. The summed E-state index contributed by atoms with van der Waals surface area (Å²) in [6.45, 7) is 23.5. The fraction of sp³-hybridized carbons (Fsp3) is 0.884. The molecule has 5 fully saturated rings. The van der Waals surface area contributed by atoms with Gasteiger partial charge in [0.15, 0.2) is 11.6 Å². The van der Waals surface area contributed by atoms with Crippen molar-refractivity contribution in [2.24, 2.45) is 38.9 Å². The summed E-state index contributed by atoms with van der Waals surface area (Å²) in [5, 5.41) is 2.59. The Balaban J connectivity index is 1.41. The lowest BCUT2D eigenvalue weighted by Gasteiger charge is -2.40. The van der Waals surface area contributed by atoms with Crippen LogP contribution in [0.3, 0.4) is 0 Å². The van der Waals surface area contributed by atoms with Gasteiger partial charge in [0.1, 0.15) is 0 Å². The number of ketones is 2. The lowest BCUT2D eigenvalue weighted by molar-refractivity contribution is -0.147. The predicted molar refractivity (Wildman–Crippen MR) is 214 cm³/mol. The van der Waals surface area contributed by atoms with Crippen LogP contribution in [0.4, 0.5) is 0 Å². The quantitative estimate of drug-likeness (QED) is 0.200. The minimum absolute atomic E-state index is 0.0454. The van der Waals surface area contributed by atoms with E-state index in [1.54, 1.807) is 4.90 Å². The first-order valence-electron chi connectivity index (χ1n) is 21.3. The van der Waals surface area contributed by atoms with Gasteiger partial charge in [-0.1, -0.05) is 81.6 Å². The predicted octanol–water partition coefficient (Wildman–Crippen LogP) is 6.18. The molecule has 2 spiro atoms. The summed E-state index contributed by atoms with van der Waals surface area (Å²) in [5.41, 5.74) is -1.54. The highest BCUT2D eigenvalue weighted by atomic mass is 32.2.